The summed E-state index contributed by atoms with van der Waals surface area (Å²) in [5.74, 6) is 0. The molecular formula is C8H13NO3. The molecule has 0 spiro atoms. The first kappa shape index (κ1) is 7.86. The molecule has 2 aliphatic rings. The molecule has 0 aromatic carbocycles. The van der Waals surface area contributed by atoms with Crippen LogP contribution in [-0.4, -0.2) is 29.4 Å². The smallest absolute Gasteiger partial charge is 0.404 e. The van der Waals surface area contributed by atoms with Crippen molar-refractivity contribution in [2.75, 3.05) is 0 Å². The van der Waals surface area contributed by atoms with Gasteiger partial charge in [-0.05, 0) is 25.7 Å². The molecule has 0 radical (unpaired) electrons. The highest BCUT2D eigenvalue weighted by atomic mass is 16.5. The zero-order valence-corrected chi connectivity index (χ0v) is 6.82. The van der Waals surface area contributed by atoms with E-state index in [1.807, 2.05) is 0 Å². The van der Waals surface area contributed by atoms with Gasteiger partial charge in [0.25, 0.3) is 0 Å². The molecule has 0 aliphatic heterocycles. The first-order valence-corrected chi connectivity index (χ1v) is 4.39. The Kier molecular flexibility index (Phi) is 1.92. The number of ether oxygens (including phenoxy) is 1. The standard InChI is InChI=1S/C8H13NO3/c10-8(11)9-5-3-7(4-5)12-6-1-2-6/h5-7,9H,1-4H2,(H,10,11). The van der Waals surface area contributed by atoms with Crippen LogP contribution >= 0.6 is 0 Å². The molecule has 4 heteroatoms. The predicted molar refractivity (Wildman–Crippen MR) is 42.1 cm³/mol. The average Bonchev–Trinajstić information content (AvgIpc) is 2.65. The molecule has 0 saturated heterocycles. The normalized spacial score (nSPS) is 34.0. The Morgan fingerprint density at radius 2 is 2.00 bits per heavy atom. The summed E-state index contributed by atoms with van der Waals surface area (Å²) in [5.41, 5.74) is 0. The highest BCUT2D eigenvalue weighted by molar-refractivity contribution is 5.65. The van der Waals surface area contributed by atoms with Gasteiger partial charge in [0.05, 0.1) is 12.2 Å². The summed E-state index contributed by atoms with van der Waals surface area (Å²) >= 11 is 0. The Labute approximate surface area is 70.9 Å². The Morgan fingerprint density at radius 3 is 2.50 bits per heavy atom. The van der Waals surface area contributed by atoms with E-state index in [1.54, 1.807) is 0 Å². The predicted octanol–water partition coefficient (Wildman–Crippen LogP) is 0.964. The first-order valence-electron chi connectivity index (χ1n) is 4.39. The van der Waals surface area contributed by atoms with Crippen molar-refractivity contribution in [3.05, 3.63) is 0 Å². The van der Waals surface area contributed by atoms with Crippen molar-refractivity contribution in [2.24, 2.45) is 0 Å². The van der Waals surface area contributed by atoms with E-state index < -0.39 is 6.09 Å². The van der Waals surface area contributed by atoms with E-state index >= 15 is 0 Å². The SMILES string of the molecule is O=C(O)NC1CC(OC2CC2)C1. The molecule has 2 saturated carbocycles. The third-order valence-corrected chi connectivity index (χ3v) is 2.33. The fraction of sp³-hybridized carbons (Fsp3) is 0.875. The van der Waals surface area contributed by atoms with Gasteiger partial charge in [0.1, 0.15) is 0 Å². The maximum absolute atomic E-state index is 10.2. The van der Waals surface area contributed by atoms with E-state index in [4.69, 9.17) is 9.84 Å². The zero-order valence-electron chi connectivity index (χ0n) is 6.82. The summed E-state index contributed by atoms with van der Waals surface area (Å²) in [5, 5.41) is 10.8. The van der Waals surface area contributed by atoms with Crippen LogP contribution in [0.4, 0.5) is 4.79 Å². The molecule has 0 aromatic heterocycles. The van der Waals surface area contributed by atoms with Crippen molar-refractivity contribution >= 4 is 6.09 Å². The zero-order chi connectivity index (χ0) is 8.55. The van der Waals surface area contributed by atoms with Crippen LogP contribution in [0.5, 0.6) is 0 Å². The third kappa shape index (κ3) is 1.88. The van der Waals surface area contributed by atoms with Crippen LogP contribution in [-0.2, 0) is 4.74 Å². The van der Waals surface area contributed by atoms with Gasteiger partial charge in [-0.2, -0.15) is 0 Å². The Balaban J connectivity index is 1.59. The minimum absolute atomic E-state index is 0.131. The van der Waals surface area contributed by atoms with Gasteiger partial charge in [-0.15, -0.1) is 0 Å². The van der Waals surface area contributed by atoms with Crippen molar-refractivity contribution < 1.29 is 14.6 Å². The summed E-state index contributed by atoms with van der Waals surface area (Å²) in [6.07, 6.45) is 3.95. The minimum atomic E-state index is -0.926. The quantitative estimate of drug-likeness (QED) is 0.665. The second-order valence-corrected chi connectivity index (χ2v) is 3.58. The fourth-order valence-electron chi connectivity index (χ4n) is 1.45. The number of nitrogens with one attached hydrogen (secondary N) is 1. The molecule has 0 aromatic rings. The van der Waals surface area contributed by atoms with Crippen LogP contribution in [0.1, 0.15) is 25.7 Å². The second-order valence-electron chi connectivity index (χ2n) is 3.58. The van der Waals surface area contributed by atoms with Crippen molar-refractivity contribution in [2.45, 2.75) is 43.9 Å². The molecule has 2 rings (SSSR count). The lowest BCUT2D eigenvalue weighted by molar-refractivity contribution is -0.0253. The van der Waals surface area contributed by atoms with Gasteiger partial charge in [0.15, 0.2) is 0 Å². The number of carboxylic acid groups (broad SMARTS) is 1. The molecule has 1 amide bonds. The molecule has 0 unspecified atom stereocenters. The summed E-state index contributed by atoms with van der Waals surface area (Å²) in [6, 6.07) is 0.131. The Hall–Kier alpha value is -0.770. The summed E-state index contributed by atoms with van der Waals surface area (Å²) in [4.78, 5) is 10.2. The van der Waals surface area contributed by atoms with Crippen LogP contribution in [0, 0.1) is 0 Å². The molecule has 2 N–H and O–H groups in total. The molecule has 4 nitrogen and oxygen atoms in total. The molecule has 12 heavy (non-hydrogen) atoms. The number of rotatable bonds is 3. The molecule has 2 aliphatic carbocycles. The average molecular weight is 171 g/mol. The first-order chi connectivity index (χ1) is 5.74. The lowest BCUT2D eigenvalue weighted by Gasteiger charge is -2.34. The topological polar surface area (TPSA) is 58.6 Å². The summed E-state index contributed by atoms with van der Waals surface area (Å²) in [7, 11) is 0. The molecular weight excluding hydrogens is 158 g/mol. The largest absolute Gasteiger partial charge is 0.465 e. The maximum atomic E-state index is 10.2. The molecule has 0 heterocycles. The lowest BCUT2D eigenvalue weighted by atomic mass is 9.89. The number of amides is 1. The van der Waals surface area contributed by atoms with E-state index in [9.17, 15) is 4.79 Å². The minimum Gasteiger partial charge on any atom is -0.465 e. The van der Waals surface area contributed by atoms with Crippen molar-refractivity contribution in [1.82, 2.24) is 5.32 Å². The van der Waals surface area contributed by atoms with Crippen LogP contribution in [0.25, 0.3) is 0 Å². The summed E-state index contributed by atoms with van der Waals surface area (Å²) < 4.78 is 5.58. The Bertz CT molecular complexity index is 185. The van der Waals surface area contributed by atoms with Gasteiger partial charge in [0, 0.05) is 6.04 Å². The van der Waals surface area contributed by atoms with Crippen LogP contribution in [0.3, 0.4) is 0 Å². The lowest BCUT2D eigenvalue weighted by Crippen LogP contribution is -2.47. The monoisotopic (exact) mass is 171 g/mol. The van der Waals surface area contributed by atoms with E-state index in [-0.39, 0.29) is 6.04 Å². The highest BCUT2D eigenvalue weighted by Crippen LogP contribution is 2.32. The van der Waals surface area contributed by atoms with E-state index in [0.29, 0.717) is 12.2 Å². The number of hydrogen-bond donors (Lipinski definition) is 2. The van der Waals surface area contributed by atoms with Crippen molar-refractivity contribution in [3.63, 3.8) is 0 Å². The number of hydrogen-bond acceptors (Lipinski definition) is 2. The van der Waals surface area contributed by atoms with Crippen LogP contribution in [0.15, 0.2) is 0 Å². The van der Waals surface area contributed by atoms with Gasteiger partial charge in [0.2, 0.25) is 0 Å². The van der Waals surface area contributed by atoms with Crippen molar-refractivity contribution in [1.29, 1.82) is 0 Å². The second kappa shape index (κ2) is 2.94. The molecule has 68 valence electrons. The van der Waals surface area contributed by atoms with E-state index in [1.165, 1.54) is 12.8 Å². The Morgan fingerprint density at radius 1 is 1.33 bits per heavy atom. The van der Waals surface area contributed by atoms with Crippen molar-refractivity contribution in [3.8, 4) is 0 Å². The van der Waals surface area contributed by atoms with Gasteiger partial charge < -0.3 is 15.2 Å². The maximum Gasteiger partial charge on any atom is 0.404 e. The molecule has 0 bridgehead atoms. The van der Waals surface area contributed by atoms with E-state index in [2.05, 4.69) is 5.32 Å². The fourth-order valence-corrected chi connectivity index (χ4v) is 1.45. The van der Waals surface area contributed by atoms with E-state index in [0.717, 1.165) is 12.8 Å². The summed E-state index contributed by atoms with van der Waals surface area (Å²) in [6.45, 7) is 0. The molecule has 0 atom stereocenters. The van der Waals surface area contributed by atoms with Gasteiger partial charge in [-0.25, -0.2) is 4.79 Å². The van der Waals surface area contributed by atoms with Gasteiger partial charge in [-0.3, -0.25) is 0 Å². The van der Waals surface area contributed by atoms with Gasteiger partial charge in [-0.1, -0.05) is 0 Å². The van der Waals surface area contributed by atoms with Gasteiger partial charge >= 0.3 is 6.09 Å². The molecule has 2 fully saturated rings. The van der Waals surface area contributed by atoms with Crippen LogP contribution in [0.2, 0.25) is 0 Å². The third-order valence-electron chi connectivity index (χ3n) is 2.33. The number of carbonyl (C=O) groups is 1. The highest BCUT2D eigenvalue weighted by Gasteiger charge is 2.35. The van der Waals surface area contributed by atoms with Crippen LogP contribution < -0.4 is 5.32 Å².